The van der Waals surface area contributed by atoms with Gasteiger partial charge in [0.1, 0.15) is 36.2 Å². The fourth-order valence-electron chi connectivity index (χ4n) is 6.39. The summed E-state index contributed by atoms with van der Waals surface area (Å²) in [4.78, 5) is 54.4. The molecule has 14 heteroatoms. The van der Waals surface area contributed by atoms with Crippen LogP contribution in [0.5, 0.6) is 23.0 Å². The first kappa shape index (κ1) is 48.3. The summed E-state index contributed by atoms with van der Waals surface area (Å²) < 4.78 is 33.3. The molecule has 4 N–H and O–H groups in total. The van der Waals surface area contributed by atoms with Gasteiger partial charge >= 0.3 is 23.9 Å². The molecular formula is C54H46N4O10. The quantitative estimate of drug-likeness (QED) is 0.0173. The van der Waals surface area contributed by atoms with Crippen molar-refractivity contribution >= 4 is 47.4 Å². The van der Waals surface area contributed by atoms with E-state index in [2.05, 4.69) is 10.9 Å². The molecule has 0 aliphatic rings. The first-order valence-electron chi connectivity index (χ1n) is 21.3. The Morgan fingerprint density at radius 2 is 0.971 bits per heavy atom. The van der Waals surface area contributed by atoms with Crippen molar-refractivity contribution in [3.63, 3.8) is 0 Å². The zero-order valence-electron chi connectivity index (χ0n) is 36.8. The lowest BCUT2D eigenvalue weighted by Crippen LogP contribution is -2.08. The van der Waals surface area contributed by atoms with Gasteiger partial charge in [-0.1, -0.05) is 36.4 Å². The number of nitrogen functional groups attached to an aromatic ring is 2. The molecule has 0 saturated heterocycles. The van der Waals surface area contributed by atoms with Crippen molar-refractivity contribution in [3.8, 4) is 40.2 Å². The van der Waals surface area contributed by atoms with E-state index in [1.165, 1.54) is 12.2 Å². The van der Waals surface area contributed by atoms with Crippen LogP contribution in [0, 0.1) is 17.9 Å². The van der Waals surface area contributed by atoms with E-state index in [0.29, 0.717) is 118 Å². The summed E-state index contributed by atoms with van der Waals surface area (Å²) >= 11 is 0. The summed E-state index contributed by atoms with van der Waals surface area (Å²) in [6.07, 6.45) is 7.34. The molecule has 0 aromatic heterocycles. The highest BCUT2D eigenvalue weighted by molar-refractivity contribution is 5.92. The molecule has 6 aromatic rings. The van der Waals surface area contributed by atoms with Gasteiger partial charge in [-0.25, -0.2) is 25.8 Å². The number of nitriles is 1. The molecule has 68 heavy (non-hydrogen) atoms. The van der Waals surface area contributed by atoms with Crippen LogP contribution in [0.3, 0.4) is 0 Å². The minimum atomic E-state index is -0.612. The molecule has 0 aliphatic carbocycles. The number of unbranched alkanes of at least 4 members (excludes halogenated alkanes) is 1. The maximum Gasteiger partial charge on any atom is 0.343 e. The van der Waals surface area contributed by atoms with Crippen LogP contribution in [0.15, 0.2) is 146 Å². The van der Waals surface area contributed by atoms with Crippen LogP contribution >= 0.6 is 0 Å². The van der Waals surface area contributed by atoms with Gasteiger partial charge in [-0.15, -0.1) is 0 Å². The van der Waals surface area contributed by atoms with Crippen LogP contribution in [0.4, 0.5) is 11.4 Å². The number of hydrogen-bond acceptors (Lipinski definition) is 13. The number of rotatable bonds is 21. The van der Waals surface area contributed by atoms with Gasteiger partial charge in [0.25, 0.3) is 0 Å². The van der Waals surface area contributed by atoms with Crippen molar-refractivity contribution < 1.29 is 47.6 Å². The molecule has 6 rings (SSSR count). The van der Waals surface area contributed by atoms with Crippen molar-refractivity contribution in [2.75, 3.05) is 31.2 Å². The number of carbonyl (C=O) groups is 4. The smallest absolute Gasteiger partial charge is 0.343 e. The molecule has 14 nitrogen and oxygen atoms in total. The number of nitrogens with zero attached hydrogens (tertiary/aromatic N) is 2. The summed E-state index contributed by atoms with van der Waals surface area (Å²) in [5, 5.41) is 8.65. The van der Waals surface area contributed by atoms with Gasteiger partial charge < -0.3 is 44.7 Å². The minimum Gasteiger partial charge on any atom is -0.494 e. The second-order valence-corrected chi connectivity index (χ2v) is 14.9. The highest BCUT2D eigenvalue weighted by atomic mass is 16.5. The fraction of sp³-hybridized carbons (Fsp3) is 0.148. The van der Waals surface area contributed by atoms with E-state index in [1.54, 1.807) is 146 Å². The topological polar surface area (TPSA) is 204 Å². The summed E-state index contributed by atoms with van der Waals surface area (Å²) in [6, 6.07) is 38.7. The van der Waals surface area contributed by atoms with Gasteiger partial charge in [0.15, 0.2) is 0 Å². The Bertz CT molecular complexity index is 2650. The third kappa shape index (κ3) is 15.0. The number of ether oxygens (including phenoxy) is 6. The van der Waals surface area contributed by atoms with E-state index in [0.717, 1.165) is 0 Å². The molecule has 0 spiro atoms. The average molecular weight is 911 g/mol. The average Bonchev–Trinajstić information content (AvgIpc) is 3.35. The van der Waals surface area contributed by atoms with Crippen LogP contribution in [0.25, 0.3) is 28.1 Å². The number of hydrogen-bond donors (Lipinski definition) is 2. The van der Waals surface area contributed by atoms with Crippen LogP contribution in [0.1, 0.15) is 62.2 Å². The Kier molecular flexibility index (Phi) is 17.6. The first-order valence-corrected chi connectivity index (χ1v) is 21.3. The minimum absolute atomic E-state index is 0.119. The summed E-state index contributed by atoms with van der Waals surface area (Å²) in [5.74, 6) is -0.504. The molecule has 0 fully saturated rings. The van der Waals surface area contributed by atoms with Crippen molar-refractivity contribution in [1.82, 2.24) is 0 Å². The molecule has 0 amide bonds. The maximum absolute atomic E-state index is 12.9. The van der Waals surface area contributed by atoms with Gasteiger partial charge in [0, 0.05) is 29.9 Å². The zero-order chi connectivity index (χ0) is 48.1. The summed E-state index contributed by atoms with van der Waals surface area (Å²) in [7, 11) is 0. The second-order valence-electron chi connectivity index (χ2n) is 14.9. The largest absolute Gasteiger partial charge is 0.494 e. The fourth-order valence-corrected chi connectivity index (χ4v) is 6.39. The maximum atomic E-state index is 12.9. The lowest BCUT2D eigenvalue weighted by atomic mass is 9.95. The highest BCUT2D eigenvalue weighted by Crippen LogP contribution is 2.32. The van der Waals surface area contributed by atoms with Gasteiger partial charge in [-0.2, -0.15) is 5.26 Å². The van der Waals surface area contributed by atoms with E-state index in [-0.39, 0.29) is 13.2 Å². The monoisotopic (exact) mass is 910 g/mol. The molecule has 0 atom stereocenters. The highest BCUT2D eigenvalue weighted by Gasteiger charge is 2.15. The molecule has 0 aliphatic heterocycles. The Morgan fingerprint density at radius 3 is 1.38 bits per heavy atom. The normalized spacial score (nSPS) is 10.7. The van der Waals surface area contributed by atoms with Crippen LogP contribution in [-0.2, 0) is 32.3 Å². The standard InChI is InChI=1S/C54H46N4O10/c1-58-30-4-32-64-46-23-13-40(14-24-46)54(62)68-48-19-7-38(8-20-48)10-28-52(60)66-36-42-34-44(57)16-26-50(42)49-25-15-43(56)33-41(49)35-65-51(59)27-9-37-5-17-47(18-6-37)67-53(61)39-11-21-45(22-12-39)63-31-3-2-29-55/h5-28,33-34H,2-4,30-32,35-36,56-57H2/b27-9+,28-10+. The van der Waals surface area contributed by atoms with E-state index in [1.807, 2.05) is 0 Å². The Morgan fingerprint density at radius 1 is 0.559 bits per heavy atom. The molecular weight excluding hydrogens is 865 g/mol. The molecule has 6 aromatic carbocycles. The second kappa shape index (κ2) is 24.8. The lowest BCUT2D eigenvalue weighted by molar-refractivity contribution is -0.139. The number of esters is 4. The van der Waals surface area contributed by atoms with Gasteiger partial charge in [-0.3, -0.25) is 0 Å². The van der Waals surface area contributed by atoms with Crippen LogP contribution in [-0.4, -0.2) is 43.6 Å². The predicted octanol–water partition coefficient (Wildman–Crippen LogP) is 9.84. The third-order valence-electron chi connectivity index (χ3n) is 9.86. The molecule has 0 saturated carbocycles. The number of benzene rings is 6. The SMILES string of the molecule is [C-]#[N+]CCCOc1ccc(C(=O)Oc2ccc(/C=C/C(=O)OCc3cc(N)ccc3-c3ccc(N)cc3COC(=O)/C=C/c3ccc(OC(=O)c4ccc(OCCCC#N)cc4)cc3)cc2)cc1. The molecule has 0 unspecified atom stereocenters. The third-order valence-corrected chi connectivity index (χ3v) is 9.86. The van der Waals surface area contributed by atoms with E-state index in [4.69, 9.17) is 51.7 Å². The molecule has 0 heterocycles. The molecule has 342 valence electrons. The van der Waals surface area contributed by atoms with Gasteiger partial charge in [0.05, 0.1) is 36.8 Å². The van der Waals surface area contributed by atoms with Crippen molar-refractivity contribution in [1.29, 1.82) is 5.26 Å². The van der Waals surface area contributed by atoms with Crippen molar-refractivity contribution in [3.05, 3.63) is 190 Å². The van der Waals surface area contributed by atoms with E-state index in [9.17, 15) is 19.2 Å². The lowest BCUT2D eigenvalue weighted by Gasteiger charge is -2.15. The van der Waals surface area contributed by atoms with Gasteiger partial charge in [-0.05, 0) is 149 Å². The summed E-state index contributed by atoms with van der Waals surface area (Å²) in [5.41, 5.74) is 17.8. The molecule has 0 bridgehead atoms. The first-order chi connectivity index (χ1) is 33.1. The Hall–Kier alpha value is -9.14. The predicted molar refractivity (Wildman–Crippen MR) is 256 cm³/mol. The van der Waals surface area contributed by atoms with Crippen molar-refractivity contribution in [2.45, 2.75) is 32.5 Å². The van der Waals surface area contributed by atoms with Crippen molar-refractivity contribution in [2.24, 2.45) is 0 Å². The van der Waals surface area contributed by atoms with Crippen LogP contribution < -0.4 is 30.4 Å². The summed E-state index contributed by atoms with van der Waals surface area (Å²) in [6.45, 7) is 7.80. The van der Waals surface area contributed by atoms with Gasteiger partial charge in [0.2, 0.25) is 6.54 Å². The number of anilines is 2. The van der Waals surface area contributed by atoms with Crippen LogP contribution in [0.2, 0.25) is 0 Å². The number of carbonyl (C=O) groups excluding carboxylic acids is 4. The van der Waals surface area contributed by atoms with E-state index < -0.39 is 23.9 Å². The molecule has 0 radical (unpaired) electrons. The number of nitrogens with two attached hydrogens (primary N) is 2. The zero-order valence-corrected chi connectivity index (χ0v) is 36.8. The Labute approximate surface area is 393 Å². The Balaban J connectivity index is 0.990. The van der Waals surface area contributed by atoms with E-state index >= 15 is 0 Å².